The lowest BCUT2D eigenvalue weighted by Crippen LogP contribution is -2.27. The minimum absolute atomic E-state index is 0. The molecule has 1 aliphatic rings. The lowest BCUT2D eigenvalue weighted by molar-refractivity contribution is 0.0695. The van der Waals surface area contributed by atoms with Gasteiger partial charge in [-0.15, -0.1) is 12.4 Å². The van der Waals surface area contributed by atoms with Crippen molar-refractivity contribution in [2.75, 3.05) is 5.32 Å². The maximum absolute atomic E-state index is 11.7. The molecule has 1 saturated carbocycles. The molecule has 1 aliphatic carbocycles. The first-order valence-electron chi connectivity index (χ1n) is 9.39. The second-order valence-corrected chi connectivity index (χ2v) is 8.64. The Hall–Kier alpha value is -2.64. The van der Waals surface area contributed by atoms with Gasteiger partial charge in [-0.1, -0.05) is 12.1 Å². The summed E-state index contributed by atoms with van der Waals surface area (Å²) >= 11 is 0. The third kappa shape index (κ3) is 3.93. The number of aromatic amines is 1. The number of anilines is 1. The molecule has 29 heavy (non-hydrogen) atoms. The van der Waals surface area contributed by atoms with Crippen LogP contribution in [0.2, 0.25) is 0 Å². The van der Waals surface area contributed by atoms with Crippen LogP contribution in [0.1, 0.15) is 55.4 Å². The molecule has 2 heterocycles. The Morgan fingerprint density at radius 1 is 1.28 bits per heavy atom. The van der Waals surface area contributed by atoms with E-state index in [1.54, 1.807) is 6.07 Å². The first-order chi connectivity index (χ1) is 13.1. The van der Waals surface area contributed by atoms with E-state index in [0.717, 1.165) is 35.4 Å². The third-order valence-corrected chi connectivity index (χ3v) is 4.99. The molecule has 0 aliphatic heterocycles. The van der Waals surface area contributed by atoms with E-state index in [-0.39, 0.29) is 23.5 Å². The first kappa shape index (κ1) is 21.1. The standard InChI is InChI=1S/C21H25N5O2.ClH/c1-11-18(26-20(2,3)4)25-16-12(6-5-7-14(16)23-11)15-10-13(19(27)28)17(24-15)21(22)8-9-21;/h5-7,10,24H,8-9,22H2,1-4H3,(H,25,26)(H,27,28);1H. The summed E-state index contributed by atoms with van der Waals surface area (Å²) in [7, 11) is 0. The van der Waals surface area contributed by atoms with Crippen LogP contribution in [0, 0.1) is 6.92 Å². The van der Waals surface area contributed by atoms with Gasteiger partial charge in [0, 0.05) is 16.8 Å². The van der Waals surface area contributed by atoms with Crippen molar-refractivity contribution in [3.63, 3.8) is 0 Å². The van der Waals surface area contributed by atoms with E-state index in [1.165, 1.54) is 0 Å². The van der Waals surface area contributed by atoms with Gasteiger partial charge in [-0.3, -0.25) is 0 Å². The van der Waals surface area contributed by atoms with Crippen LogP contribution in [0.5, 0.6) is 0 Å². The molecule has 7 nitrogen and oxygen atoms in total. The molecule has 0 saturated heterocycles. The predicted octanol–water partition coefficient (Wildman–Crippen LogP) is 4.21. The number of aromatic carboxylic acids is 1. The molecule has 5 N–H and O–H groups in total. The van der Waals surface area contributed by atoms with Crippen LogP contribution >= 0.6 is 12.4 Å². The zero-order valence-electron chi connectivity index (χ0n) is 17.0. The van der Waals surface area contributed by atoms with E-state index in [1.807, 2.05) is 25.1 Å². The molecule has 1 aromatic carbocycles. The van der Waals surface area contributed by atoms with Crippen LogP contribution in [0.3, 0.4) is 0 Å². The maximum atomic E-state index is 11.7. The molecule has 0 amide bonds. The first-order valence-corrected chi connectivity index (χ1v) is 9.39. The highest BCUT2D eigenvalue weighted by molar-refractivity contribution is 5.96. The summed E-state index contributed by atoms with van der Waals surface area (Å²) in [4.78, 5) is 24.5. The number of nitrogens with one attached hydrogen (secondary N) is 2. The van der Waals surface area contributed by atoms with E-state index in [2.05, 4.69) is 31.1 Å². The molecule has 0 spiro atoms. The minimum atomic E-state index is -0.980. The van der Waals surface area contributed by atoms with Gasteiger partial charge < -0.3 is 21.1 Å². The van der Waals surface area contributed by atoms with Crippen molar-refractivity contribution in [3.05, 3.63) is 41.2 Å². The number of carboxylic acid groups (broad SMARTS) is 1. The van der Waals surface area contributed by atoms with Crippen LogP contribution in [-0.2, 0) is 5.54 Å². The fraction of sp³-hybridized carbons (Fsp3) is 0.381. The molecule has 0 atom stereocenters. The Bertz CT molecular complexity index is 1100. The number of nitrogens with zero attached hydrogens (tertiary/aromatic N) is 2. The highest BCUT2D eigenvalue weighted by atomic mass is 35.5. The molecular formula is C21H26ClN5O2. The second-order valence-electron chi connectivity index (χ2n) is 8.64. The molecule has 3 aromatic rings. The summed E-state index contributed by atoms with van der Waals surface area (Å²) < 4.78 is 0. The van der Waals surface area contributed by atoms with Crippen molar-refractivity contribution in [3.8, 4) is 11.3 Å². The number of hydrogen-bond acceptors (Lipinski definition) is 5. The van der Waals surface area contributed by atoms with Crippen molar-refractivity contribution in [2.24, 2.45) is 5.73 Å². The van der Waals surface area contributed by atoms with Crippen molar-refractivity contribution in [1.29, 1.82) is 0 Å². The summed E-state index contributed by atoms with van der Waals surface area (Å²) in [6, 6.07) is 7.38. The maximum Gasteiger partial charge on any atom is 0.337 e. The molecule has 4 rings (SSSR count). The average Bonchev–Trinajstić information content (AvgIpc) is 3.17. The number of nitrogens with two attached hydrogens (primary N) is 1. The van der Waals surface area contributed by atoms with E-state index < -0.39 is 11.5 Å². The van der Waals surface area contributed by atoms with Crippen LogP contribution in [0.15, 0.2) is 24.3 Å². The zero-order valence-corrected chi connectivity index (χ0v) is 17.8. The molecule has 0 unspecified atom stereocenters. The predicted molar refractivity (Wildman–Crippen MR) is 117 cm³/mol. The van der Waals surface area contributed by atoms with Gasteiger partial charge in [-0.2, -0.15) is 0 Å². The van der Waals surface area contributed by atoms with Gasteiger partial charge in [0.2, 0.25) is 0 Å². The summed E-state index contributed by atoms with van der Waals surface area (Å²) in [5.41, 5.74) is 10.2. The number of fused-ring (bicyclic) bond motifs is 1. The Morgan fingerprint density at radius 2 is 1.97 bits per heavy atom. The summed E-state index contributed by atoms with van der Waals surface area (Å²) in [5, 5.41) is 13.0. The van der Waals surface area contributed by atoms with Gasteiger partial charge in [0.05, 0.1) is 28.0 Å². The van der Waals surface area contributed by atoms with Crippen LogP contribution < -0.4 is 11.1 Å². The lowest BCUT2D eigenvalue weighted by Gasteiger charge is -2.22. The molecule has 0 radical (unpaired) electrons. The fourth-order valence-corrected chi connectivity index (χ4v) is 3.40. The number of aryl methyl sites for hydroxylation is 1. The average molecular weight is 416 g/mol. The van der Waals surface area contributed by atoms with E-state index in [0.29, 0.717) is 16.9 Å². The number of hydrogen-bond donors (Lipinski definition) is 4. The smallest absolute Gasteiger partial charge is 0.337 e. The van der Waals surface area contributed by atoms with Crippen molar-refractivity contribution in [2.45, 2.75) is 51.6 Å². The number of benzene rings is 1. The van der Waals surface area contributed by atoms with E-state index in [9.17, 15) is 9.90 Å². The Balaban J connectivity index is 0.00000240. The Labute approximate surface area is 175 Å². The molecule has 2 aromatic heterocycles. The van der Waals surface area contributed by atoms with Gasteiger partial charge >= 0.3 is 5.97 Å². The fourth-order valence-electron chi connectivity index (χ4n) is 3.40. The Morgan fingerprint density at radius 3 is 2.55 bits per heavy atom. The number of rotatable bonds is 4. The van der Waals surface area contributed by atoms with Crippen molar-refractivity contribution >= 4 is 35.2 Å². The largest absolute Gasteiger partial charge is 0.478 e. The van der Waals surface area contributed by atoms with Crippen molar-refractivity contribution in [1.82, 2.24) is 15.0 Å². The number of aromatic nitrogens is 3. The quantitative estimate of drug-likeness (QED) is 0.507. The summed E-state index contributed by atoms with van der Waals surface area (Å²) in [6.45, 7) is 8.12. The topological polar surface area (TPSA) is 117 Å². The van der Waals surface area contributed by atoms with Crippen LogP contribution in [0.4, 0.5) is 5.82 Å². The monoisotopic (exact) mass is 415 g/mol. The van der Waals surface area contributed by atoms with E-state index >= 15 is 0 Å². The van der Waals surface area contributed by atoms with Crippen LogP contribution in [0.25, 0.3) is 22.3 Å². The van der Waals surface area contributed by atoms with Gasteiger partial charge in [-0.25, -0.2) is 14.8 Å². The molecule has 154 valence electrons. The highest BCUT2D eigenvalue weighted by Gasteiger charge is 2.44. The van der Waals surface area contributed by atoms with Crippen molar-refractivity contribution < 1.29 is 9.90 Å². The minimum Gasteiger partial charge on any atom is -0.478 e. The normalized spacial score (nSPS) is 15.1. The van der Waals surface area contributed by atoms with Gasteiger partial charge in [0.15, 0.2) is 0 Å². The lowest BCUT2D eigenvalue weighted by atomic mass is 10.1. The number of carbonyl (C=O) groups is 1. The third-order valence-electron chi connectivity index (χ3n) is 4.99. The van der Waals surface area contributed by atoms with Gasteiger partial charge in [-0.05, 0) is 52.7 Å². The molecule has 8 heteroatoms. The molecule has 0 bridgehead atoms. The number of halogens is 1. The second kappa shape index (κ2) is 7.00. The molecule has 1 fully saturated rings. The molecular weight excluding hydrogens is 390 g/mol. The zero-order chi connectivity index (χ0) is 20.3. The number of H-pyrrole nitrogens is 1. The SMILES string of the molecule is Cc1nc2cccc(-c3cc(C(=O)O)c(C4(N)CC4)[nH]3)c2nc1NC(C)(C)C.Cl. The summed E-state index contributed by atoms with van der Waals surface area (Å²) in [5.74, 6) is -0.262. The van der Waals surface area contributed by atoms with Gasteiger partial charge in [0.1, 0.15) is 11.3 Å². The van der Waals surface area contributed by atoms with Crippen LogP contribution in [-0.4, -0.2) is 31.6 Å². The highest BCUT2D eigenvalue weighted by Crippen LogP contribution is 2.45. The van der Waals surface area contributed by atoms with E-state index in [4.69, 9.17) is 15.7 Å². The summed E-state index contributed by atoms with van der Waals surface area (Å²) in [6.07, 6.45) is 1.56. The Kier molecular flexibility index (Phi) is 5.09. The number of para-hydroxylation sites is 1. The van der Waals surface area contributed by atoms with Gasteiger partial charge in [0.25, 0.3) is 0 Å². The number of carboxylic acids is 1.